The number of nitrogens with one attached hydrogen (secondary N) is 2. The summed E-state index contributed by atoms with van der Waals surface area (Å²) in [5, 5.41) is 5.84. The van der Waals surface area contributed by atoms with Gasteiger partial charge in [0.1, 0.15) is 0 Å². The largest absolute Gasteiger partial charge is 0.348 e. The molecule has 2 N–H and O–H groups in total. The van der Waals surface area contributed by atoms with Crippen LogP contribution < -0.4 is 10.6 Å². The molecule has 3 aromatic carbocycles. The second-order valence-electron chi connectivity index (χ2n) is 6.61. The molecule has 1 atom stereocenters. The van der Waals surface area contributed by atoms with Gasteiger partial charge in [-0.15, -0.1) is 0 Å². The van der Waals surface area contributed by atoms with E-state index in [0.717, 1.165) is 17.5 Å². The van der Waals surface area contributed by atoms with Crippen molar-refractivity contribution in [3.63, 3.8) is 0 Å². The van der Waals surface area contributed by atoms with Gasteiger partial charge in [-0.1, -0.05) is 67.6 Å². The SMILES string of the molecule is CCC(C(=O)Nc1ccc(C(=O)NCc2ccccc2)cc1)c1ccccc1. The lowest BCUT2D eigenvalue weighted by molar-refractivity contribution is -0.117. The first kappa shape index (κ1) is 19.4. The summed E-state index contributed by atoms with van der Waals surface area (Å²) >= 11 is 0. The first-order valence-corrected chi connectivity index (χ1v) is 9.45. The summed E-state index contributed by atoms with van der Waals surface area (Å²) in [6.45, 7) is 2.48. The fraction of sp³-hybridized carbons (Fsp3) is 0.167. The molecule has 0 aromatic heterocycles. The Balaban J connectivity index is 1.59. The smallest absolute Gasteiger partial charge is 0.251 e. The van der Waals surface area contributed by atoms with Crippen LogP contribution in [-0.4, -0.2) is 11.8 Å². The Kier molecular flexibility index (Phi) is 6.58. The zero-order valence-electron chi connectivity index (χ0n) is 15.9. The van der Waals surface area contributed by atoms with Crippen LogP contribution >= 0.6 is 0 Å². The van der Waals surface area contributed by atoms with Crippen molar-refractivity contribution in [1.82, 2.24) is 5.32 Å². The summed E-state index contributed by atoms with van der Waals surface area (Å²) in [5.74, 6) is -0.387. The third kappa shape index (κ3) is 5.07. The van der Waals surface area contributed by atoms with Crippen LogP contribution in [-0.2, 0) is 11.3 Å². The maximum Gasteiger partial charge on any atom is 0.251 e. The van der Waals surface area contributed by atoms with Gasteiger partial charge < -0.3 is 10.6 Å². The zero-order valence-corrected chi connectivity index (χ0v) is 15.9. The molecule has 28 heavy (non-hydrogen) atoms. The zero-order chi connectivity index (χ0) is 19.8. The first-order chi connectivity index (χ1) is 13.7. The molecule has 3 aromatic rings. The van der Waals surface area contributed by atoms with Crippen LogP contribution in [0.15, 0.2) is 84.9 Å². The predicted octanol–water partition coefficient (Wildman–Crippen LogP) is 4.75. The summed E-state index contributed by atoms with van der Waals surface area (Å²) in [6, 6.07) is 26.5. The van der Waals surface area contributed by atoms with E-state index < -0.39 is 0 Å². The Bertz CT molecular complexity index is 906. The van der Waals surface area contributed by atoms with Crippen molar-refractivity contribution in [2.24, 2.45) is 0 Å². The highest BCUT2D eigenvalue weighted by Gasteiger charge is 2.18. The minimum atomic E-state index is -0.199. The molecule has 0 radical (unpaired) electrons. The number of amides is 2. The molecule has 0 saturated carbocycles. The number of hydrogen-bond acceptors (Lipinski definition) is 2. The molecule has 0 heterocycles. The van der Waals surface area contributed by atoms with Gasteiger partial charge in [-0.05, 0) is 41.8 Å². The summed E-state index contributed by atoms with van der Waals surface area (Å²) in [7, 11) is 0. The van der Waals surface area contributed by atoms with E-state index in [1.165, 1.54) is 0 Å². The average Bonchev–Trinajstić information content (AvgIpc) is 2.74. The van der Waals surface area contributed by atoms with Crippen molar-refractivity contribution in [2.45, 2.75) is 25.8 Å². The molecule has 0 aliphatic heterocycles. The molecule has 1 unspecified atom stereocenters. The highest BCUT2D eigenvalue weighted by molar-refractivity contribution is 5.97. The van der Waals surface area contributed by atoms with Crippen molar-refractivity contribution in [3.8, 4) is 0 Å². The molecule has 3 rings (SSSR count). The third-order valence-corrected chi connectivity index (χ3v) is 4.64. The van der Waals surface area contributed by atoms with E-state index in [1.807, 2.05) is 67.6 Å². The second kappa shape index (κ2) is 9.51. The quantitative estimate of drug-likeness (QED) is 0.629. The van der Waals surface area contributed by atoms with Gasteiger partial charge in [0.05, 0.1) is 5.92 Å². The molecule has 0 aliphatic carbocycles. The summed E-state index contributed by atoms with van der Waals surface area (Å²) in [6.07, 6.45) is 0.718. The molecule has 4 nitrogen and oxygen atoms in total. The Morgan fingerprint density at radius 2 is 1.43 bits per heavy atom. The van der Waals surface area contributed by atoms with Gasteiger partial charge in [0.25, 0.3) is 5.91 Å². The van der Waals surface area contributed by atoms with Crippen molar-refractivity contribution in [1.29, 1.82) is 0 Å². The molecule has 0 saturated heterocycles. The molecule has 142 valence electrons. The maximum atomic E-state index is 12.6. The second-order valence-corrected chi connectivity index (χ2v) is 6.61. The van der Waals surface area contributed by atoms with Crippen molar-refractivity contribution >= 4 is 17.5 Å². The van der Waals surface area contributed by atoms with E-state index in [-0.39, 0.29) is 17.7 Å². The van der Waals surface area contributed by atoms with E-state index in [1.54, 1.807) is 24.3 Å². The molecule has 0 spiro atoms. The number of benzene rings is 3. The number of anilines is 1. The number of carbonyl (C=O) groups is 2. The summed E-state index contributed by atoms with van der Waals surface area (Å²) in [4.78, 5) is 24.9. The standard InChI is InChI=1S/C24H24N2O2/c1-2-22(19-11-7-4-8-12-19)24(28)26-21-15-13-20(14-16-21)23(27)25-17-18-9-5-3-6-10-18/h3-16,22H,2,17H2,1H3,(H,25,27)(H,26,28). The predicted molar refractivity (Wildman–Crippen MR) is 112 cm³/mol. The molecular weight excluding hydrogens is 348 g/mol. The van der Waals surface area contributed by atoms with E-state index in [9.17, 15) is 9.59 Å². The molecule has 2 amide bonds. The Hall–Kier alpha value is -3.40. The highest BCUT2D eigenvalue weighted by atomic mass is 16.2. The van der Waals surface area contributed by atoms with E-state index in [2.05, 4.69) is 10.6 Å². The van der Waals surface area contributed by atoms with E-state index >= 15 is 0 Å². The van der Waals surface area contributed by atoms with Gasteiger partial charge in [-0.25, -0.2) is 0 Å². The van der Waals surface area contributed by atoms with Gasteiger partial charge in [0, 0.05) is 17.8 Å². The van der Waals surface area contributed by atoms with Gasteiger partial charge in [-0.3, -0.25) is 9.59 Å². The molecule has 0 bridgehead atoms. The monoisotopic (exact) mass is 372 g/mol. The van der Waals surface area contributed by atoms with Crippen LogP contribution in [0.4, 0.5) is 5.69 Å². The van der Waals surface area contributed by atoms with E-state index in [0.29, 0.717) is 17.8 Å². The van der Waals surface area contributed by atoms with Crippen molar-refractivity contribution in [3.05, 3.63) is 102 Å². The minimum Gasteiger partial charge on any atom is -0.348 e. The van der Waals surface area contributed by atoms with Crippen LogP contribution in [0.25, 0.3) is 0 Å². The number of carbonyl (C=O) groups excluding carboxylic acids is 2. The van der Waals surface area contributed by atoms with Gasteiger partial charge in [-0.2, -0.15) is 0 Å². The average molecular weight is 372 g/mol. The van der Waals surface area contributed by atoms with Crippen molar-refractivity contribution in [2.75, 3.05) is 5.32 Å². The molecule has 4 heteroatoms. The Morgan fingerprint density at radius 3 is 2.04 bits per heavy atom. The van der Waals surface area contributed by atoms with Crippen LogP contribution in [0.3, 0.4) is 0 Å². The lowest BCUT2D eigenvalue weighted by atomic mass is 9.95. The lowest BCUT2D eigenvalue weighted by Crippen LogP contribution is -2.23. The van der Waals surface area contributed by atoms with Gasteiger partial charge >= 0.3 is 0 Å². The Morgan fingerprint density at radius 1 is 0.821 bits per heavy atom. The van der Waals surface area contributed by atoms with Gasteiger partial charge in [0.15, 0.2) is 0 Å². The molecular formula is C24H24N2O2. The lowest BCUT2D eigenvalue weighted by Gasteiger charge is -2.15. The highest BCUT2D eigenvalue weighted by Crippen LogP contribution is 2.21. The van der Waals surface area contributed by atoms with Gasteiger partial charge in [0.2, 0.25) is 5.91 Å². The van der Waals surface area contributed by atoms with Crippen molar-refractivity contribution < 1.29 is 9.59 Å². The fourth-order valence-electron chi connectivity index (χ4n) is 3.07. The maximum absolute atomic E-state index is 12.6. The summed E-state index contributed by atoms with van der Waals surface area (Å²) < 4.78 is 0. The Labute approximate surface area is 165 Å². The third-order valence-electron chi connectivity index (χ3n) is 4.64. The topological polar surface area (TPSA) is 58.2 Å². The van der Waals surface area contributed by atoms with Crippen LogP contribution in [0.1, 0.15) is 40.7 Å². The molecule has 0 aliphatic rings. The first-order valence-electron chi connectivity index (χ1n) is 9.45. The van der Waals surface area contributed by atoms with E-state index in [4.69, 9.17) is 0 Å². The fourth-order valence-corrected chi connectivity index (χ4v) is 3.07. The van der Waals surface area contributed by atoms with Crippen LogP contribution in [0, 0.1) is 0 Å². The number of rotatable bonds is 7. The minimum absolute atomic E-state index is 0.0463. The van der Waals surface area contributed by atoms with Crippen LogP contribution in [0.5, 0.6) is 0 Å². The normalized spacial score (nSPS) is 11.5. The molecule has 0 fully saturated rings. The number of hydrogen-bond donors (Lipinski definition) is 2. The summed E-state index contributed by atoms with van der Waals surface area (Å²) in [5.41, 5.74) is 3.29. The van der Waals surface area contributed by atoms with Crippen LogP contribution in [0.2, 0.25) is 0 Å².